The van der Waals surface area contributed by atoms with Gasteiger partial charge in [0.15, 0.2) is 18.2 Å². The molecule has 0 heterocycles. The lowest BCUT2D eigenvalue weighted by Crippen LogP contribution is -2.40. The molecule has 0 fully saturated rings. The Morgan fingerprint density at radius 1 is 1.13 bits per heavy atom. The molecule has 0 aliphatic carbocycles. The van der Waals surface area contributed by atoms with Crippen LogP contribution in [0.5, 0.6) is 0 Å². The summed E-state index contributed by atoms with van der Waals surface area (Å²) in [4.78, 5) is 38.1. The van der Waals surface area contributed by atoms with Crippen LogP contribution in [0.4, 0.5) is 14.5 Å². The van der Waals surface area contributed by atoms with E-state index < -0.39 is 41.6 Å². The first-order valence-electron chi connectivity index (χ1n) is 9.17. The number of hydrogen-bond donors (Lipinski definition) is 1. The van der Waals surface area contributed by atoms with Crippen molar-refractivity contribution in [2.75, 3.05) is 25.0 Å². The molecular formula is C21H21ClF2N2O4. The van der Waals surface area contributed by atoms with E-state index in [1.54, 1.807) is 12.1 Å². The van der Waals surface area contributed by atoms with Crippen LogP contribution in [-0.4, -0.2) is 42.4 Å². The molecule has 6 nitrogen and oxygen atoms in total. The summed E-state index contributed by atoms with van der Waals surface area (Å²) < 4.78 is 31.3. The van der Waals surface area contributed by atoms with Crippen LogP contribution >= 0.6 is 11.6 Å². The summed E-state index contributed by atoms with van der Waals surface area (Å²) in [5.41, 5.74) is 1.10. The summed E-state index contributed by atoms with van der Waals surface area (Å²) >= 11 is 5.73. The topological polar surface area (TPSA) is 75.7 Å². The van der Waals surface area contributed by atoms with E-state index in [9.17, 15) is 23.2 Å². The molecule has 0 aliphatic heterocycles. The highest BCUT2D eigenvalue weighted by atomic mass is 35.5. The summed E-state index contributed by atoms with van der Waals surface area (Å²) in [6.07, 6.45) is 0.576. The Morgan fingerprint density at radius 2 is 1.80 bits per heavy atom. The second-order valence-corrected chi connectivity index (χ2v) is 6.91. The van der Waals surface area contributed by atoms with Gasteiger partial charge in [0.05, 0.1) is 17.1 Å². The van der Waals surface area contributed by atoms with Crippen molar-refractivity contribution in [3.8, 4) is 0 Å². The third-order valence-corrected chi connectivity index (χ3v) is 4.47. The van der Waals surface area contributed by atoms with Crippen molar-refractivity contribution in [2.24, 2.45) is 0 Å². The number of esters is 1. The Balaban J connectivity index is 1.98. The zero-order valence-corrected chi connectivity index (χ0v) is 17.3. The largest absolute Gasteiger partial charge is 0.452 e. The van der Waals surface area contributed by atoms with Crippen LogP contribution in [0.15, 0.2) is 36.4 Å². The average Bonchev–Trinajstić information content (AvgIpc) is 2.70. The summed E-state index contributed by atoms with van der Waals surface area (Å²) in [5, 5.41) is 2.39. The standard InChI is InChI=1S/C21H21ClF2N2O4/c1-3-8-26(11-19(27)25-18-7-5-4-6-13(18)2)20(28)12-30-21(29)14-9-16(23)17(24)10-15(14)22/h4-7,9-10H,3,8,11-12H2,1-2H3,(H,25,27). The van der Waals surface area contributed by atoms with Crippen molar-refractivity contribution in [2.45, 2.75) is 20.3 Å². The molecule has 0 spiro atoms. The van der Waals surface area contributed by atoms with Crippen molar-refractivity contribution < 1.29 is 27.9 Å². The van der Waals surface area contributed by atoms with Crippen molar-refractivity contribution in [1.82, 2.24) is 4.90 Å². The minimum Gasteiger partial charge on any atom is -0.452 e. The molecule has 0 unspecified atom stereocenters. The number of halogens is 3. The highest BCUT2D eigenvalue weighted by Gasteiger charge is 2.21. The predicted molar refractivity (Wildman–Crippen MR) is 108 cm³/mol. The molecule has 0 atom stereocenters. The molecule has 0 aromatic heterocycles. The molecular weight excluding hydrogens is 418 g/mol. The van der Waals surface area contributed by atoms with Crippen LogP contribution in [0.3, 0.4) is 0 Å². The van der Waals surface area contributed by atoms with Crippen molar-refractivity contribution in [3.05, 3.63) is 64.2 Å². The average molecular weight is 439 g/mol. The lowest BCUT2D eigenvalue weighted by atomic mass is 10.2. The third-order valence-electron chi connectivity index (χ3n) is 4.16. The molecule has 2 rings (SSSR count). The fourth-order valence-electron chi connectivity index (χ4n) is 2.61. The Kier molecular flexibility index (Phi) is 8.29. The van der Waals surface area contributed by atoms with E-state index in [0.29, 0.717) is 24.2 Å². The maximum absolute atomic E-state index is 13.3. The number of carbonyl (C=O) groups excluding carboxylic acids is 3. The van der Waals surface area contributed by atoms with E-state index in [0.717, 1.165) is 5.56 Å². The maximum atomic E-state index is 13.3. The van der Waals surface area contributed by atoms with Crippen LogP contribution in [0.1, 0.15) is 29.3 Å². The molecule has 0 aliphatic rings. The number of benzene rings is 2. The minimum absolute atomic E-state index is 0.232. The number of aryl methyl sites for hydroxylation is 1. The Bertz CT molecular complexity index is 953. The number of amides is 2. The zero-order chi connectivity index (χ0) is 22.3. The van der Waals surface area contributed by atoms with Crippen LogP contribution < -0.4 is 5.32 Å². The van der Waals surface area contributed by atoms with Gasteiger partial charge in [0.1, 0.15) is 0 Å². The van der Waals surface area contributed by atoms with Gasteiger partial charge in [-0.15, -0.1) is 0 Å². The Labute approximate surface area is 177 Å². The van der Waals surface area contributed by atoms with Gasteiger partial charge in [0, 0.05) is 12.2 Å². The van der Waals surface area contributed by atoms with E-state index in [2.05, 4.69) is 5.32 Å². The van der Waals surface area contributed by atoms with Crippen molar-refractivity contribution >= 4 is 35.1 Å². The fraction of sp³-hybridized carbons (Fsp3) is 0.286. The number of para-hydroxylation sites is 1. The number of carbonyl (C=O) groups is 3. The molecule has 0 radical (unpaired) electrons. The van der Waals surface area contributed by atoms with E-state index in [-0.39, 0.29) is 18.1 Å². The van der Waals surface area contributed by atoms with Gasteiger partial charge in [-0.1, -0.05) is 36.7 Å². The number of nitrogens with zero attached hydrogens (tertiary/aromatic N) is 1. The van der Waals surface area contributed by atoms with Crippen LogP contribution in [0, 0.1) is 18.6 Å². The number of anilines is 1. The first-order valence-corrected chi connectivity index (χ1v) is 9.55. The van der Waals surface area contributed by atoms with Crippen LogP contribution in [0.2, 0.25) is 5.02 Å². The van der Waals surface area contributed by atoms with E-state index in [4.69, 9.17) is 16.3 Å². The van der Waals surface area contributed by atoms with Gasteiger partial charge in [0.25, 0.3) is 5.91 Å². The summed E-state index contributed by atoms with van der Waals surface area (Å²) in [6, 6.07) is 8.45. The van der Waals surface area contributed by atoms with Gasteiger partial charge in [0.2, 0.25) is 5.91 Å². The van der Waals surface area contributed by atoms with Gasteiger partial charge in [-0.05, 0) is 37.1 Å². The highest BCUT2D eigenvalue weighted by Crippen LogP contribution is 2.21. The zero-order valence-electron chi connectivity index (χ0n) is 16.5. The summed E-state index contributed by atoms with van der Waals surface area (Å²) in [7, 11) is 0. The number of nitrogens with one attached hydrogen (secondary N) is 1. The first-order chi connectivity index (χ1) is 14.2. The van der Waals surface area contributed by atoms with Gasteiger partial charge >= 0.3 is 5.97 Å². The molecule has 0 bridgehead atoms. The van der Waals surface area contributed by atoms with E-state index in [1.807, 2.05) is 26.0 Å². The SMILES string of the molecule is CCCN(CC(=O)Nc1ccccc1C)C(=O)COC(=O)c1cc(F)c(F)cc1Cl. The number of rotatable bonds is 8. The van der Waals surface area contributed by atoms with Gasteiger partial charge in [-0.25, -0.2) is 13.6 Å². The molecule has 0 saturated carbocycles. The molecule has 0 saturated heterocycles. The molecule has 1 N–H and O–H groups in total. The number of hydrogen-bond acceptors (Lipinski definition) is 4. The minimum atomic E-state index is -1.27. The van der Waals surface area contributed by atoms with Crippen LogP contribution in [-0.2, 0) is 14.3 Å². The van der Waals surface area contributed by atoms with Crippen LogP contribution in [0.25, 0.3) is 0 Å². The third kappa shape index (κ3) is 6.25. The second kappa shape index (κ2) is 10.7. The molecule has 9 heteroatoms. The van der Waals surface area contributed by atoms with E-state index >= 15 is 0 Å². The molecule has 2 aromatic rings. The predicted octanol–water partition coefficient (Wildman–Crippen LogP) is 3.96. The molecule has 2 amide bonds. The normalized spacial score (nSPS) is 10.4. The quantitative estimate of drug-likeness (QED) is 0.500. The van der Waals surface area contributed by atoms with Crippen molar-refractivity contribution in [1.29, 1.82) is 0 Å². The van der Waals surface area contributed by atoms with Gasteiger partial charge < -0.3 is 15.0 Å². The summed E-state index contributed by atoms with van der Waals surface area (Å²) in [6.45, 7) is 3.03. The highest BCUT2D eigenvalue weighted by molar-refractivity contribution is 6.33. The smallest absolute Gasteiger partial charge is 0.340 e. The molecule has 160 valence electrons. The van der Waals surface area contributed by atoms with Gasteiger partial charge in [-0.2, -0.15) is 0 Å². The Hall–Kier alpha value is -3.00. The lowest BCUT2D eigenvalue weighted by molar-refractivity contribution is -0.137. The van der Waals surface area contributed by atoms with Crippen molar-refractivity contribution in [3.63, 3.8) is 0 Å². The maximum Gasteiger partial charge on any atom is 0.340 e. The monoisotopic (exact) mass is 438 g/mol. The Morgan fingerprint density at radius 3 is 2.47 bits per heavy atom. The first kappa shape index (κ1) is 23.3. The van der Waals surface area contributed by atoms with Gasteiger partial charge in [-0.3, -0.25) is 9.59 Å². The van der Waals surface area contributed by atoms with E-state index in [1.165, 1.54) is 4.90 Å². The molecule has 30 heavy (non-hydrogen) atoms. The molecule has 2 aromatic carbocycles. The fourth-order valence-corrected chi connectivity index (χ4v) is 2.84. The second-order valence-electron chi connectivity index (χ2n) is 6.50. The summed E-state index contributed by atoms with van der Waals surface area (Å²) in [5.74, 6) is -4.56. The number of ether oxygens (including phenoxy) is 1. The lowest BCUT2D eigenvalue weighted by Gasteiger charge is -2.21.